The average Bonchev–Trinajstić information content (AvgIpc) is 2.99. The van der Waals surface area contributed by atoms with Crippen molar-refractivity contribution in [3.63, 3.8) is 0 Å². The molecule has 0 aromatic carbocycles. The summed E-state index contributed by atoms with van der Waals surface area (Å²) < 4.78 is 5.49. The van der Waals surface area contributed by atoms with Crippen LogP contribution >= 0.6 is 0 Å². The first kappa shape index (κ1) is 19.3. The van der Waals surface area contributed by atoms with Gasteiger partial charge in [0.1, 0.15) is 0 Å². The number of aryl methyl sites for hydroxylation is 1. The van der Waals surface area contributed by atoms with Crippen LogP contribution in [0, 0.1) is 34.5 Å². The summed E-state index contributed by atoms with van der Waals surface area (Å²) in [7, 11) is 0. The van der Waals surface area contributed by atoms with Crippen molar-refractivity contribution in [3.8, 4) is 0 Å². The lowest BCUT2D eigenvalue weighted by molar-refractivity contribution is -0.143. The molecule has 3 fully saturated rings. The first-order valence-electron chi connectivity index (χ1n) is 11.8. The van der Waals surface area contributed by atoms with Gasteiger partial charge in [-0.1, -0.05) is 26.8 Å². The number of esters is 1. The predicted molar refractivity (Wildman–Crippen MR) is 115 cm³/mol. The minimum atomic E-state index is 0.0333. The molecule has 1 saturated heterocycles. The second-order valence-electron chi connectivity index (χ2n) is 10.6. The van der Waals surface area contributed by atoms with Gasteiger partial charge in [-0.05, 0) is 102 Å². The number of fused-ring (bicyclic) bond motifs is 5. The van der Waals surface area contributed by atoms with Crippen molar-refractivity contribution in [2.24, 2.45) is 34.5 Å². The Bertz CT molecular complexity index is 845. The number of ether oxygens (including phenoxy) is 1. The zero-order chi connectivity index (χ0) is 20.2. The van der Waals surface area contributed by atoms with Crippen LogP contribution in [0.25, 0.3) is 5.57 Å². The number of allylic oxidation sites excluding steroid dienone is 2. The summed E-state index contributed by atoms with van der Waals surface area (Å²) >= 11 is 0. The van der Waals surface area contributed by atoms with Crippen LogP contribution in [0.4, 0.5) is 0 Å². The molecule has 3 aliphatic carbocycles. The number of carbonyl (C=O) groups is 1. The second kappa shape index (κ2) is 6.96. The van der Waals surface area contributed by atoms with Gasteiger partial charge >= 0.3 is 5.97 Å². The first-order valence-corrected chi connectivity index (χ1v) is 11.8. The van der Waals surface area contributed by atoms with Crippen LogP contribution in [0.5, 0.6) is 0 Å². The van der Waals surface area contributed by atoms with Gasteiger partial charge in [-0.3, -0.25) is 9.78 Å². The van der Waals surface area contributed by atoms with Gasteiger partial charge in [-0.25, -0.2) is 0 Å². The highest BCUT2D eigenvalue weighted by molar-refractivity contribution is 5.73. The standard InChI is InChI=1S/C26H35NO2/c1-4-17-13-18(16-27-15-17)21-7-8-22-20-6-5-19-14-24(28)29-12-11-25(19,2)23(20)9-10-26(21,22)3/h7,13,15-16,19-20,22-23H,4-6,8-12,14H2,1-3H3/t19-,20-,22-,23-,25-,26+/m0/s1. The van der Waals surface area contributed by atoms with E-state index in [1.165, 1.54) is 43.2 Å². The minimum Gasteiger partial charge on any atom is -0.466 e. The smallest absolute Gasteiger partial charge is 0.306 e. The van der Waals surface area contributed by atoms with E-state index >= 15 is 0 Å². The Kier molecular flexibility index (Phi) is 4.64. The molecule has 3 nitrogen and oxygen atoms in total. The molecule has 6 atom stereocenters. The highest BCUT2D eigenvalue weighted by atomic mass is 16.5. The fraction of sp³-hybridized carbons (Fsp3) is 0.692. The molecule has 2 heterocycles. The maximum atomic E-state index is 12.1. The van der Waals surface area contributed by atoms with Gasteiger partial charge in [0.15, 0.2) is 0 Å². The van der Waals surface area contributed by atoms with Crippen LogP contribution in [0.15, 0.2) is 24.5 Å². The lowest BCUT2D eigenvalue weighted by atomic mass is 9.46. The van der Waals surface area contributed by atoms with Crippen molar-refractivity contribution in [1.29, 1.82) is 0 Å². The molecule has 4 aliphatic rings. The molecule has 0 bridgehead atoms. The maximum Gasteiger partial charge on any atom is 0.306 e. The molecule has 29 heavy (non-hydrogen) atoms. The first-order chi connectivity index (χ1) is 14.0. The Hall–Kier alpha value is -1.64. The predicted octanol–water partition coefficient (Wildman–Crippen LogP) is 5.83. The summed E-state index contributed by atoms with van der Waals surface area (Å²) in [5.74, 6) is 2.80. The average molecular weight is 394 g/mol. The van der Waals surface area contributed by atoms with E-state index in [4.69, 9.17) is 4.74 Å². The van der Waals surface area contributed by atoms with E-state index in [9.17, 15) is 4.79 Å². The van der Waals surface area contributed by atoms with Crippen LogP contribution in [0.1, 0.15) is 76.8 Å². The summed E-state index contributed by atoms with van der Waals surface area (Å²) in [4.78, 5) is 16.6. The summed E-state index contributed by atoms with van der Waals surface area (Å²) in [6, 6.07) is 2.37. The molecule has 0 unspecified atom stereocenters. The fourth-order valence-corrected chi connectivity index (χ4v) is 7.75. The highest BCUT2D eigenvalue weighted by Gasteiger charge is 2.58. The van der Waals surface area contributed by atoms with Crippen molar-refractivity contribution in [2.45, 2.75) is 72.1 Å². The quantitative estimate of drug-likeness (QED) is 0.593. The molecule has 0 amide bonds. The molecular formula is C26H35NO2. The largest absolute Gasteiger partial charge is 0.466 e. The van der Waals surface area contributed by atoms with E-state index in [0.717, 1.165) is 30.6 Å². The van der Waals surface area contributed by atoms with Gasteiger partial charge < -0.3 is 4.74 Å². The molecule has 1 aliphatic heterocycles. The number of carbonyl (C=O) groups excluding carboxylic acids is 1. The van der Waals surface area contributed by atoms with Crippen molar-refractivity contribution in [1.82, 2.24) is 4.98 Å². The zero-order valence-corrected chi connectivity index (χ0v) is 18.2. The highest BCUT2D eigenvalue weighted by Crippen LogP contribution is 2.66. The van der Waals surface area contributed by atoms with Gasteiger partial charge in [0.05, 0.1) is 6.61 Å². The van der Waals surface area contributed by atoms with E-state index < -0.39 is 0 Å². The number of nitrogens with zero attached hydrogens (tertiary/aromatic N) is 1. The van der Waals surface area contributed by atoms with Gasteiger partial charge in [-0.2, -0.15) is 0 Å². The molecular weight excluding hydrogens is 358 g/mol. The molecule has 156 valence electrons. The number of rotatable bonds is 2. The van der Waals surface area contributed by atoms with Gasteiger partial charge in [0.25, 0.3) is 0 Å². The van der Waals surface area contributed by atoms with E-state index in [2.05, 4.69) is 44.1 Å². The van der Waals surface area contributed by atoms with Gasteiger partial charge in [0, 0.05) is 18.8 Å². The molecule has 1 aromatic rings. The molecule has 5 rings (SSSR count). The lowest BCUT2D eigenvalue weighted by Crippen LogP contribution is -2.51. The van der Waals surface area contributed by atoms with Crippen molar-refractivity contribution >= 4 is 11.5 Å². The van der Waals surface area contributed by atoms with Crippen LogP contribution in [-0.4, -0.2) is 17.6 Å². The number of hydrogen-bond donors (Lipinski definition) is 0. The lowest BCUT2D eigenvalue weighted by Gasteiger charge is -2.58. The zero-order valence-electron chi connectivity index (χ0n) is 18.2. The Morgan fingerprint density at radius 2 is 2.00 bits per heavy atom. The van der Waals surface area contributed by atoms with E-state index in [0.29, 0.717) is 18.9 Å². The van der Waals surface area contributed by atoms with Crippen LogP contribution in [-0.2, 0) is 16.0 Å². The Balaban J connectivity index is 1.44. The van der Waals surface area contributed by atoms with E-state index in [1.54, 1.807) is 5.57 Å². The molecule has 1 aromatic heterocycles. The van der Waals surface area contributed by atoms with E-state index in [-0.39, 0.29) is 16.8 Å². The molecule has 0 spiro atoms. The molecule has 3 heteroatoms. The monoisotopic (exact) mass is 393 g/mol. The summed E-state index contributed by atoms with van der Waals surface area (Å²) in [5, 5.41) is 0. The third-order valence-electron chi connectivity index (χ3n) is 9.48. The van der Waals surface area contributed by atoms with Crippen molar-refractivity contribution in [2.75, 3.05) is 6.61 Å². The third-order valence-corrected chi connectivity index (χ3v) is 9.48. The van der Waals surface area contributed by atoms with E-state index in [1.807, 2.05) is 6.20 Å². The van der Waals surface area contributed by atoms with Crippen LogP contribution in [0.3, 0.4) is 0 Å². The SMILES string of the molecule is CCc1cncc(C2=CC[C@H]3[C@@H]4CC[C@H]5CC(=O)OCC[C@]5(C)[C@H]4CC[C@]23C)c1. The minimum absolute atomic E-state index is 0.0333. The van der Waals surface area contributed by atoms with Gasteiger partial charge in [-0.15, -0.1) is 0 Å². The summed E-state index contributed by atoms with van der Waals surface area (Å²) in [6.45, 7) is 7.84. The summed E-state index contributed by atoms with van der Waals surface area (Å²) in [6.07, 6.45) is 15.6. The van der Waals surface area contributed by atoms with Crippen LogP contribution < -0.4 is 0 Å². The number of hydrogen-bond acceptors (Lipinski definition) is 3. The fourth-order valence-electron chi connectivity index (χ4n) is 7.75. The van der Waals surface area contributed by atoms with Crippen molar-refractivity contribution in [3.05, 3.63) is 35.7 Å². The molecule has 0 radical (unpaired) electrons. The molecule has 2 saturated carbocycles. The topological polar surface area (TPSA) is 39.2 Å². The van der Waals surface area contributed by atoms with Crippen LogP contribution in [0.2, 0.25) is 0 Å². The number of aromatic nitrogens is 1. The second-order valence-corrected chi connectivity index (χ2v) is 10.6. The number of pyridine rings is 1. The Labute approximate surface area is 175 Å². The summed E-state index contributed by atoms with van der Waals surface area (Å²) in [5.41, 5.74) is 4.77. The third kappa shape index (κ3) is 2.91. The Morgan fingerprint density at radius 3 is 2.83 bits per heavy atom. The van der Waals surface area contributed by atoms with Crippen molar-refractivity contribution < 1.29 is 9.53 Å². The molecule has 0 N–H and O–H groups in total. The maximum absolute atomic E-state index is 12.1. The Morgan fingerprint density at radius 1 is 1.14 bits per heavy atom. The normalized spacial score (nSPS) is 41.5. The number of cyclic esters (lactones) is 1. The van der Waals surface area contributed by atoms with Gasteiger partial charge in [0.2, 0.25) is 0 Å².